The van der Waals surface area contributed by atoms with E-state index >= 15 is 4.39 Å². The zero-order chi connectivity index (χ0) is 31.5. The average molecular weight is 656 g/mol. The molecule has 0 spiro atoms. The van der Waals surface area contributed by atoms with Crippen LogP contribution in [0.2, 0.25) is 0 Å². The third-order valence-corrected chi connectivity index (χ3v) is 11.5. The summed E-state index contributed by atoms with van der Waals surface area (Å²) < 4.78 is 27.3. The molecule has 3 aliphatic heterocycles. The number of carbonyl (C=O) groups is 3. The predicted molar refractivity (Wildman–Crippen MR) is 167 cm³/mol. The van der Waals surface area contributed by atoms with Crippen LogP contribution in [-0.4, -0.2) is 80.8 Å². The van der Waals surface area contributed by atoms with Gasteiger partial charge in [0.05, 0.1) is 23.6 Å². The van der Waals surface area contributed by atoms with E-state index in [9.17, 15) is 28.7 Å². The van der Waals surface area contributed by atoms with Gasteiger partial charge in [0.15, 0.2) is 0 Å². The van der Waals surface area contributed by atoms with Crippen LogP contribution in [-0.2, 0) is 20.3 Å². The van der Waals surface area contributed by atoms with Gasteiger partial charge < -0.3 is 30.2 Å². The first kappa shape index (κ1) is 30.3. The van der Waals surface area contributed by atoms with Crippen molar-refractivity contribution in [3.8, 4) is 0 Å². The molecule has 5 heterocycles. The number of fused-ring (bicyclic) bond motifs is 3. The molecule has 4 fully saturated rings. The van der Waals surface area contributed by atoms with Crippen LogP contribution in [0.15, 0.2) is 48.7 Å². The molecule has 1 saturated carbocycles. The van der Waals surface area contributed by atoms with Gasteiger partial charge in [0.25, 0.3) is 5.91 Å². The van der Waals surface area contributed by atoms with Crippen LogP contribution in [0.1, 0.15) is 47.3 Å². The molecule has 3 amide bonds. The maximum Gasteiger partial charge on any atom is 0.329 e. The molecule has 14 heteroatoms. The lowest BCUT2D eigenvalue weighted by molar-refractivity contribution is -0.143. The van der Waals surface area contributed by atoms with Gasteiger partial charge in [-0.2, -0.15) is 0 Å². The summed E-state index contributed by atoms with van der Waals surface area (Å²) in [6, 6.07) is 9.79. The number of thiophene rings is 1. The summed E-state index contributed by atoms with van der Waals surface area (Å²) in [5.41, 5.74) is 0.473. The molecule has 11 nitrogen and oxygen atoms in total. The number of pyridine rings is 1. The second-order valence-corrected chi connectivity index (χ2v) is 15.5. The number of aromatic nitrogens is 1. The summed E-state index contributed by atoms with van der Waals surface area (Å²) in [7, 11) is -4.24. The maximum atomic E-state index is 15.0. The number of hydrogen-bond acceptors (Lipinski definition) is 7. The second-order valence-electron chi connectivity index (χ2n) is 12.8. The number of alkyl halides is 1. The van der Waals surface area contributed by atoms with Gasteiger partial charge in [0.2, 0.25) is 11.8 Å². The van der Waals surface area contributed by atoms with E-state index in [1.165, 1.54) is 11.3 Å². The van der Waals surface area contributed by atoms with Crippen molar-refractivity contribution >= 4 is 52.6 Å². The van der Waals surface area contributed by atoms with E-state index in [4.69, 9.17) is 0 Å². The number of nitrogens with one attached hydrogen (secondary N) is 2. The smallest absolute Gasteiger partial charge is 0.329 e. The molecule has 0 unspecified atom stereocenters. The SMILES string of the molecule is O=C(N[C@H]1C[C@@H]2C[C@@H]2C[C@H]2CC[C@@H](C(=O)N[C@H]3CN(c4ccccn4)C[C@@H]3F)N2C1=O)c1cc2cc(CP(=O)(O)O)ccc2s1. The Balaban J connectivity index is 1.05. The minimum atomic E-state index is -4.24. The van der Waals surface area contributed by atoms with Crippen molar-refractivity contribution in [2.24, 2.45) is 11.8 Å². The van der Waals surface area contributed by atoms with Crippen LogP contribution in [0.4, 0.5) is 10.2 Å². The molecular formula is C31H35FN5O6PS. The van der Waals surface area contributed by atoms with E-state index in [1.54, 1.807) is 52.4 Å². The molecule has 7 rings (SSSR count). The molecule has 7 atom stereocenters. The molecule has 0 bridgehead atoms. The molecule has 3 aromatic rings. The Morgan fingerprint density at radius 2 is 1.87 bits per heavy atom. The fraction of sp³-hybridized carbons (Fsp3) is 0.484. The lowest BCUT2D eigenvalue weighted by atomic mass is 9.99. The first-order chi connectivity index (χ1) is 21.5. The van der Waals surface area contributed by atoms with E-state index in [1.807, 2.05) is 6.07 Å². The Kier molecular flexibility index (Phi) is 7.92. The minimum Gasteiger partial charge on any atom is -0.351 e. The van der Waals surface area contributed by atoms with E-state index in [-0.39, 0.29) is 37.1 Å². The highest BCUT2D eigenvalue weighted by molar-refractivity contribution is 7.50. The molecule has 4 N–H and O–H groups in total. The zero-order valence-corrected chi connectivity index (χ0v) is 26.1. The summed E-state index contributed by atoms with van der Waals surface area (Å²) in [6.45, 7) is 0.407. The van der Waals surface area contributed by atoms with Crippen LogP contribution >= 0.6 is 18.9 Å². The normalized spacial score (nSPS) is 29.6. The number of benzene rings is 1. The van der Waals surface area contributed by atoms with Crippen LogP contribution in [0, 0.1) is 11.8 Å². The Bertz CT molecular complexity index is 1690. The molecule has 4 aliphatic rings. The Morgan fingerprint density at radius 3 is 2.64 bits per heavy atom. The molecule has 238 valence electrons. The van der Waals surface area contributed by atoms with Gasteiger partial charge in [-0.05, 0) is 85.2 Å². The number of rotatable bonds is 7. The average Bonchev–Trinajstić information content (AvgIpc) is 3.29. The van der Waals surface area contributed by atoms with Crippen LogP contribution in [0.5, 0.6) is 0 Å². The predicted octanol–water partition coefficient (Wildman–Crippen LogP) is 3.21. The number of nitrogens with zero attached hydrogens (tertiary/aromatic N) is 3. The van der Waals surface area contributed by atoms with Gasteiger partial charge in [0.1, 0.15) is 24.1 Å². The molecule has 0 radical (unpaired) electrons. The number of anilines is 1. The monoisotopic (exact) mass is 655 g/mol. The number of carbonyl (C=O) groups excluding carboxylic acids is 3. The second kappa shape index (κ2) is 11.8. The highest BCUT2D eigenvalue weighted by Gasteiger charge is 2.51. The highest BCUT2D eigenvalue weighted by Crippen LogP contribution is 2.49. The van der Waals surface area contributed by atoms with Gasteiger partial charge in [-0.25, -0.2) is 9.37 Å². The fourth-order valence-electron chi connectivity index (χ4n) is 7.32. The fourth-order valence-corrected chi connectivity index (χ4v) is 8.94. The lowest BCUT2D eigenvalue weighted by Crippen LogP contribution is -2.58. The number of hydrogen-bond donors (Lipinski definition) is 4. The first-order valence-electron chi connectivity index (χ1n) is 15.3. The Hall–Kier alpha value is -3.38. The van der Waals surface area contributed by atoms with Crippen LogP contribution < -0.4 is 15.5 Å². The quantitative estimate of drug-likeness (QED) is 0.284. The zero-order valence-electron chi connectivity index (χ0n) is 24.4. The molecule has 3 saturated heterocycles. The molecule has 1 aromatic carbocycles. The molecular weight excluding hydrogens is 620 g/mol. The topological polar surface area (TPSA) is 152 Å². The van der Waals surface area contributed by atoms with Gasteiger partial charge in [0, 0.05) is 23.5 Å². The number of halogens is 1. The van der Waals surface area contributed by atoms with Crippen LogP contribution in [0.25, 0.3) is 10.1 Å². The van der Waals surface area contributed by atoms with Crippen molar-refractivity contribution < 1.29 is 33.1 Å². The van der Waals surface area contributed by atoms with Crippen molar-refractivity contribution in [3.63, 3.8) is 0 Å². The number of amides is 3. The third-order valence-electron chi connectivity index (χ3n) is 9.59. The largest absolute Gasteiger partial charge is 0.351 e. The van der Waals surface area contributed by atoms with Crippen LogP contribution in [0.3, 0.4) is 0 Å². The van der Waals surface area contributed by atoms with Crippen molar-refractivity contribution in [1.29, 1.82) is 0 Å². The Labute approximate surface area is 263 Å². The van der Waals surface area contributed by atoms with Crippen molar-refractivity contribution in [1.82, 2.24) is 20.5 Å². The minimum absolute atomic E-state index is 0.102. The summed E-state index contributed by atoms with van der Waals surface area (Å²) in [4.78, 5) is 68.0. The summed E-state index contributed by atoms with van der Waals surface area (Å²) in [5.74, 6) is 0.390. The first-order valence-corrected chi connectivity index (χ1v) is 17.9. The van der Waals surface area contributed by atoms with E-state index in [0.717, 1.165) is 17.5 Å². The molecule has 45 heavy (non-hydrogen) atoms. The van der Waals surface area contributed by atoms with Gasteiger partial charge in [-0.15, -0.1) is 11.3 Å². The lowest BCUT2D eigenvalue weighted by Gasteiger charge is -2.35. The Morgan fingerprint density at radius 1 is 1.04 bits per heavy atom. The van der Waals surface area contributed by atoms with Gasteiger partial charge in [-0.3, -0.25) is 18.9 Å². The van der Waals surface area contributed by atoms with E-state index < -0.39 is 37.8 Å². The molecule has 2 aromatic heterocycles. The summed E-state index contributed by atoms with van der Waals surface area (Å²) >= 11 is 1.24. The van der Waals surface area contributed by atoms with E-state index in [2.05, 4.69) is 15.6 Å². The highest BCUT2D eigenvalue weighted by atomic mass is 32.1. The van der Waals surface area contributed by atoms with E-state index in [0.29, 0.717) is 52.7 Å². The van der Waals surface area contributed by atoms with Gasteiger partial charge >= 0.3 is 7.60 Å². The van der Waals surface area contributed by atoms with Crippen molar-refractivity contribution in [2.75, 3.05) is 18.0 Å². The standard InChI is InChI=1S/C31H35FN5O6PS/c32-22-14-36(28-3-1-2-8-33-28)15-24(22)35-29(38)25-6-5-21-11-18-10-19(18)12-23(31(40)37(21)25)34-30(39)27-13-20-9-17(16-44(41,42)43)4-7-26(20)45-27/h1-4,7-9,13,18-19,21-25H,5-6,10-12,14-16H2,(H,34,39)(H,35,38)(H2,41,42,43)/t18-,19+,21-,22+,23+,24+,25+/m1/s1. The van der Waals surface area contributed by atoms with Gasteiger partial charge in [-0.1, -0.05) is 12.1 Å². The summed E-state index contributed by atoms with van der Waals surface area (Å²) in [6.07, 6.45) is 3.47. The van der Waals surface area contributed by atoms with Crippen molar-refractivity contribution in [2.45, 2.75) is 68.6 Å². The summed E-state index contributed by atoms with van der Waals surface area (Å²) in [5, 5.41) is 6.53. The maximum absolute atomic E-state index is 15.0. The third kappa shape index (κ3) is 6.36. The molecule has 1 aliphatic carbocycles. The van der Waals surface area contributed by atoms with Crippen molar-refractivity contribution in [3.05, 3.63) is 59.1 Å².